The topological polar surface area (TPSA) is 32.7 Å². The van der Waals surface area contributed by atoms with E-state index < -0.39 is 0 Å². The number of rotatable bonds is 6. The summed E-state index contributed by atoms with van der Waals surface area (Å²) < 4.78 is 5.14. The highest BCUT2D eigenvalue weighted by atomic mass is 35.5. The van der Waals surface area contributed by atoms with Crippen LogP contribution in [-0.4, -0.2) is 37.8 Å². The summed E-state index contributed by atoms with van der Waals surface area (Å²) in [5.74, 6) is 0.690. The third-order valence-corrected chi connectivity index (χ3v) is 3.12. The van der Waals surface area contributed by atoms with Crippen molar-refractivity contribution < 1.29 is 9.84 Å². The van der Waals surface area contributed by atoms with Gasteiger partial charge in [0.05, 0.1) is 12.1 Å². The van der Waals surface area contributed by atoms with Gasteiger partial charge in [0, 0.05) is 12.6 Å². The minimum atomic E-state index is 0.216. The van der Waals surface area contributed by atoms with Gasteiger partial charge in [-0.1, -0.05) is 17.7 Å². The molecule has 0 aliphatic heterocycles. The number of benzene rings is 1. The van der Waals surface area contributed by atoms with E-state index in [2.05, 4.69) is 4.90 Å². The minimum absolute atomic E-state index is 0.216. The molecule has 0 fully saturated rings. The van der Waals surface area contributed by atoms with E-state index in [1.54, 1.807) is 7.11 Å². The maximum absolute atomic E-state index is 8.92. The fraction of sp³-hybridized carbons (Fsp3) is 0.538. The number of halogens is 1. The molecule has 0 saturated carbocycles. The first-order valence-electron chi connectivity index (χ1n) is 5.71. The van der Waals surface area contributed by atoms with Gasteiger partial charge >= 0.3 is 0 Å². The van der Waals surface area contributed by atoms with E-state index in [0.717, 1.165) is 18.4 Å². The van der Waals surface area contributed by atoms with Crippen molar-refractivity contribution >= 4 is 11.6 Å². The van der Waals surface area contributed by atoms with Gasteiger partial charge in [0.25, 0.3) is 0 Å². The van der Waals surface area contributed by atoms with Crippen LogP contribution in [0, 0.1) is 0 Å². The Morgan fingerprint density at radius 3 is 2.59 bits per heavy atom. The first kappa shape index (κ1) is 14.3. The van der Waals surface area contributed by atoms with Gasteiger partial charge < -0.3 is 14.7 Å². The number of methoxy groups -OCH3 is 1. The second-order valence-corrected chi connectivity index (χ2v) is 4.65. The molecule has 96 valence electrons. The van der Waals surface area contributed by atoms with Crippen LogP contribution in [0.2, 0.25) is 5.02 Å². The highest BCUT2D eigenvalue weighted by molar-refractivity contribution is 6.32. The molecule has 0 aromatic heterocycles. The SMILES string of the molecule is COc1ccc(C(CCCO)N(C)C)cc1Cl. The quantitative estimate of drug-likeness (QED) is 0.851. The highest BCUT2D eigenvalue weighted by Gasteiger charge is 2.15. The van der Waals surface area contributed by atoms with Crippen molar-refractivity contribution in [3.63, 3.8) is 0 Å². The van der Waals surface area contributed by atoms with Crippen molar-refractivity contribution in [3.8, 4) is 5.75 Å². The normalized spacial score (nSPS) is 12.8. The summed E-state index contributed by atoms with van der Waals surface area (Å²) >= 11 is 6.12. The zero-order valence-electron chi connectivity index (χ0n) is 10.6. The Balaban J connectivity index is 2.90. The zero-order valence-corrected chi connectivity index (χ0v) is 11.4. The highest BCUT2D eigenvalue weighted by Crippen LogP contribution is 2.31. The first-order chi connectivity index (χ1) is 8.10. The van der Waals surface area contributed by atoms with Crippen molar-refractivity contribution in [2.75, 3.05) is 27.8 Å². The van der Waals surface area contributed by atoms with Gasteiger partial charge in [0.2, 0.25) is 0 Å². The third kappa shape index (κ3) is 3.87. The molecule has 3 nitrogen and oxygen atoms in total. The number of hydrogen-bond acceptors (Lipinski definition) is 3. The second kappa shape index (κ2) is 6.84. The Bertz CT molecular complexity index is 355. The van der Waals surface area contributed by atoms with Gasteiger partial charge in [-0.25, -0.2) is 0 Å². The molecule has 0 aliphatic rings. The lowest BCUT2D eigenvalue weighted by Gasteiger charge is -2.25. The van der Waals surface area contributed by atoms with Crippen LogP contribution in [0.5, 0.6) is 5.75 Å². The molecule has 0 aliphatic carbocycles. The van der Waals surface area contributed by atoms with Crippen LogP contribution in [0.4, 0.5) is 0 Å². The van der Waals surface area contributed by atoms with E-state index in [-0.39, 0.29) is 12.6 Å². The summed E-state index contributed by atoms with van der Waals surface area (Å²) in [6, 6.07) is 6.10. The predicted molar refractivity (Wildman–Crippen MR) is 70.8 cm³/mol. The van der Waals surface area contributed by atoms with Crippen LogP contribution in [0.3, 0.4) is 0 Å². The molecule has 0 saturated heterocycles. The van der Waals surface area contributed by atoms with Crippen molar-refractivity contribution in [1.82, 2.24) is 4.90 Å². The fourth-order valence-corrected chi connectivity index (χ4v) is 2.16. The van der Waals surface area contributed by atoms with E-state index in [1.165, 1.54) is 0 Å². The molecule has 0 spiro atoms. The van der Waals surface area contributed by atoms with E-state index in [9.17, 15) is 0 Å². The summed E-state index contributed by atoms with van der Waals surface area (Å²) in [5, 5.41) is 9.54. The van der Waals surface area contributed by atoms with Gasteiger partial charge in [-0.3, -0.25) is 0 Å². The molecule has 4 heteroatoms. The molecule has 0 radical (unpaired) electrons. The number of nitrogens with zero attached hydrogens (tertiary/aromatic N) is 1. The first-order valence-corrected chi connectivity index (χ1v) is 6.08. The molecule has 1 N–H and O–H groups in total. The van der Waals surface area contributed by atoms with Crippen LogP contribution >= 0.6 is 11.6 Å². The molecule has 1 rings (SSSR count). The van der Waals surface area contributed by atoms with Crippen LogP contribution in [0.1, 0.15) is 24.4 Å². The molecule has 0 bridgehead atoms. The molecule has 0 amide bonds. The van der Waals surface area contributed by atoms with Crippen molar-refractivity contribution in [3.05, 3.63) is 28.8 Å². The summed E-state index contributed by atoms with van der Waals surface area (Å²) in [6.45, 7) is 0.216. The molecule has 1 aromatic rings. The Hall–Kier alpha value is -0.770. The summed E-state index contributed by atoms with van der Waals surface area (Å²) in [5.41, 5.74) is 1.15. The average Bonchev–Trinajstić information content (AvgIpc) is 2.29. The molecule has 17 heavy (non-hydrogen) atoms. The largest absolute Gasteiger partial charge is 0.495 e. The lowest BCUT2D eigenvalue weighted by Crippen LogP contribution is -2.20. The monoisotopic (exact) mass is 257 g/mol. The van der Waals surface area contributed by atoms with Gasteiger partial charge in [-0.05, 0) is 44.6 Å². The second-order valence-electron chi connectivity index (χ2n) is 4.24. The third-order valence-electron chi connectivity index (χ3n) is 2.82. The fourth-order valence-electron chi connectivity index (χ4n) is 1.90. The van der Waals surface area contributed by atoms with Gasteiger partial charge in [0.15, 0.2) is 0 Å². The standard InChI is InChI=1S/C13H20ClNO2/c1-15(2)12(5-4-8-16)10-6-7-13(17-3)11(14)9-10/h6-7,9,12,16H,4-5,8H2,1-3H3. The Morgan fingerprint density at radius 2 is 2.12 bits per heavy atom. The molecule has 1 aromatic carbocycles. The van der Waals surface area contributed by atoms with E-state index >= 15 is 0 Å². The number of ether oxygens (including phenoxy) is 1. The molecular weight excluding hydrogens is 238 g/mol. The van der Waals surface area contributed by atoms with E-state index in [1.807, 2.05) is 32.3 Å². The number of aliphatic hydroxyl groups excluding tert-OH is 1. The van der Waals surface area contributed by atoms with E-state index in [0.29, 0.717) is 10.8 Å². The van der Waals surface area contributed by atoms with Crippen molar-refractivity contribution in [1.29, 1.82) is 0 Å². The van der Waals surface area contributed by atoms with E-state index in [4.69, 9.17) is 21.4 Å². The lowest BCUT2D eigenvalue weighted by atomic mass is 10.0. The van der Waals surface area contributed by atoms with Crippen LogP contribution < -0.4 is 4.74 Å². The van der Waals surface area contributed by atoms with Crippen molar-refractivity contribution in [2.45, 2.75) is 18.9 Å². The lowest BCUT2D eigenvalue weighted by molar-refractivity contribution is 0.235. The zero-order chi connectivity index (χ0) is 12.8. The summed E-state index contributed by atoms with van der Waals surface area (Å²) in [6.07, 6.45) is 1.69. The van der Waals surface area contributed by atoms with Gasteiger partial charge in [-0.2, -0.15) is 0 Å². The predicted octanol–water partition coefficient (Wildman–Crippen LogP) is 2.72. The van der Waals surface area contributed by atoms with Crippen LogP contribution in [0.15, 0.2) is 18.2 Å². The van der Waals surface area contributed by atoms with Gasteiger partial charge in [-0.15, -0.1) is 0 Å². The van der Waals surface area contributed by atoms with Crippen LogP contribution in [-0.2, 0) is 0 Å². The average molecular weight is 258 g/mol. The Morgan fingerprint density at radius 1 is 1.41 bits per heavy atom. The summed E-state index contributed by atoms with van der Waals surface area (Å²) in [4.78, 5) is 2.13. The van der Waals surface area contributed by atoms with Crippen LogP contribution in [0.25, 0.3) is 0 Å². The molecule has 1 unspecified atom stereocenters. The maximum atomic E-state index is 8.92. The molecule has 1 atom stereocenters. The van der Waals surface area contributed by atoms with Gasteiger partial charge in [0.1, 0.15) is 5.75 Å². The molecular formula is C13H20ClNO2. The molecule has 0 heterocycles. The Labute approximate surface area is 108 Å². The van der Waals surface area contributed by atoms with Crippen molar-refractivity contribution in [2.24, 2.45) is 0 Å². The smallest absolute Gasteiger partial charge is 0.137 e. The Kier molecular flexibility index (Phi) is 5.75. The number of aliphatic hydroxyl groups is 1. The minimum Gasteiger partial charge on any atom is -0.495 e. The summed E-state index contributed by atoms with van der Waals surface area (Å²) in [7, 11) is 5.66. The maximum Gasteiger partial charge on any atom is 0.137 e. The number of hydrogen-bond donors (Lipinski definition) is 1.